The molecule has 0 bridgehead atoms. The number of halogens is 1. The number of H-pyrrole nitrogens is 1. The number of aromatic amines is 1. The van der Waals surface area contributed by atoms with Crippen LogP contribution in [-0.4, -0.2) is 10.2 Å². The van der Waals surface area contributed by atoms with E-state index in [4.69, 9.17) is 23.1 Å². The van der Waals surface area contributed by atoms with Crippen molar-refractivity contribution in [3.63, 3.8) is 0 Å². The number of hydrogen-bond donors (Lipinski definition) is 3. The maximum Gasteiger partial charge on any atom is 0.0968 e. The highest BCUT2D eigenvalue weighted by atomic mass is 35.5. The van der Waals surface area contributed by atoms with Crippen molar-refractivity contribution in [1.82, 2.24) is 10.2 Å². The summed E-state index contributed by atoms with van der Waals surface area (Å²) < 4.78 is 0. The summed E-state index contributed by atoms with van der Waals surface area (Å²) in [7, 11) is 0. The Kier molecular flexibility index (Phi) is 3.24. The van der Waals surface area contributed by atoms with Gasteiger partial charge in [-0.25, -0.2) is 0 Å². The van der Waals surface area contributed by atoms with E-state index in [1.54, 1.807) is 0 Å². The van der Waals surface area contributed by atoms with Crippen LogP contribution in [0.1, 0.15) is 11.3 Å². The number of nitrogens with zero attached hydrogens (tertiary/aromatic N) is 1. The number of hydrogen-bond acceptors (Lipinski definition) is 3. The number of rotatable bonds is 3. The van der Waals surface area contributed by atoms with Crippen LogP contribution in [0.3, 0.4) is 0 Å². The number of benzene rings is 1. The maximum absolute atomic E-state index is 5.83. The van der Waals surface area contributed by atoms with Crippen LogP contribution in [0, 0.1) is 0 Å². The molecule has 84 valence electrons. The summed E-state index contributed by atoms with van der Waals surface area (Å²) in [5, 5.41) is 7.83. The molecule has 0 fully saturated rings. The summed E-state index contributed by atoms with van der Waals surface area (Å²) in [5.74, 6) is 0. The molecular weight excluding hydrogens is 224 g/mol. The third-order valence-corrected chi connectivity index (χ3v) is 2.73. The fourth-order valence-electron chi connectivity index (χ4n) is 1.64. The zero-order chi connectivity index (χ0) is 11.5. The van der Waals surface area contributed by atoms with Gasteiger partial charge in [-0.15, -0.1) is 0 Å². The standard InChI is InChI=1S/C11H13ClN4/c12-8-3-1-7(2-4-8)11-9(5-13)10(6-14)15-16-11/h1-4H,5-6,13-14H2,(H,15,16). The summed E-state index contributed by atoms with van der Waals surface area (Å²) in [4.78, 5) is 0. The Morgan fingerprint density at radius 1 is 1.12 bits per heavy atom. The molecule has 0 aliphatic heterocycles. The lowest BCUT2D eigenvalue weighted by molar-refractivity contribution is 0.922. The lowest BCUT2D eigenvalue weighted by atomic mass is 10.1. The molecule has 0 aliphatic rings. The van der Waals surface area contributed by atoms with E-state index < -0.39 is 0 Å². The molecule has 1 aromatic carbocycles. The summed E-state index contributed by atoms with van der Waals surface area (Å²) >= 11 is 5.83. The van der Waals surface area contributed by atoms with Crippen molar-refractivity contribution in [3.05, 3.63) is 40.5 Å². The van der Waals surface area contributed by atoms with Gasteiger partial charge in [0, 0.05) is 29.2 Å². The minimum atomic E-state index is 0.410. The molecule has 0 unspecified atom stereocenters. The second-order valence-electron chi connectivity index (χ2n) is 3.44. The second kappa shape index (κ2) is 4.65. The van der Waals surface area contributed by atoms with E-state index in [1.807, 2.05) is 24.3 Å². The highest BCUT2D eigenvalue weighted by molar-refractivity contribution is 6.30. The Labute approximate surface area is 98.6 Å². The van der Waals surface area contributed by atoms with Crippen LogP contribution in [0.15, 0.2) is 24.3 Å². The van der Waals surface area contributed by atoms with Crippen molar-refractivity contribution in [1.29, 1.82) is 0 Å². The Balaban J connectivity index is 2.47. The smallest absolute Gasteiger partial charge is 0.0968 e. The Morgan fingerprint density at radius 2 is 1.81 bits per heavy atom. The third kappa shape index (κ3) is 1.95. The first-order chi connectivity index (χ1) is 7.76. The minimum Gasteiger partial charge on any atom is -0.326 e. The molecule has 5 heteroatoms. The van der Waals surface area contributed by atoms with E-state index in [-0.39, 0.29) is 0 Å². The van der Waals surface area contributed by atoms with Crippen LogP contribution in [-0.2, 0) is 13.1 Å². The van der Waals surface area contributed by atoms with Crippen molar-refractivity contribution >= 4 is 11.6 Å². The summed E-state index contributed by atoms with van der Waals surface area (Å²) in [5.41, 5.74) is 15.0. The highest BCUT2D eigenvalue weighted by Gasteiger charge is 2.11. The van der Waals surface area contributed by atoms with E-state index in [1.165, 1.54) is 0 Å². The van der Waals surface area contributed by atoms with Gasteiger partial charge in [0.2, 0.25) is 0 Å². The van der Waals surface area contributed by atoms with Crippen molar-refractivity contribution in [3.8, 4) is 11.3 Å². The van der Waals surface area contributed by atoms with Gasteiger partial charge in [-0.2, -0.15) is 5.10 Å². The molecule has 0 saturated carbocycles. The van der Waals surface area contributed by atoms with Crippen molar-refractivity contribution in [2.24, 2.45) is 11.5 Å². The van der Waals surface area contributed by atoms with Crippen LogP contribution >= 0.6 is 11.6 Å². The molecule has 1 heterocycles. The monoisotopic (exact) mass is 236 g/mol. The van der Waals surface area contributed by atoms with Crippen LogP contribution in [0.5, 0.6) is 0 Å². The van der Waals surface area contributed by atoms with Gasteiger partial charge in [-0.1, -0.05) is 23.7 Å². The Morgan fingerprint density at radius 3 is 2.38 bits per heavy atom. The summed E-state index contributed by atoms with van der Waals surface area (Å²) in [6.45, 7) is 0.827. The first-order valence-electron chi connectivity index (χ1n) is 4.98. The van der Waals surface area contributed by atoms with E-state index in [9.17, 15) is 0 Å². The van der Waals surface area contributed by atoms with Crippen LogP contribution in [0.25, 0.3) is 11.3 Å². The molecule has 0 radical (unpaired) electrons. The summed E-state index contributed by atoms with van der Waals surface area (Å²) in [6, 6.07) is 7.48. The van der Waals surface area contributed by atoms with E-state index in [0.29, 0.717) is 18.1 Å². The molecular formula is C11H13ClN4. The van der Waals surface area contributed by atoms with E-state index in [0.717, 1.165) is 22.5 Å². The van der Waals surface area contributed by atoms with Gasteiger partial charge < -0.3 is 11.5 Å². The number of aromatic nitrogens is 2. The molecule has 2 aromatic rings. The molecule has 0 aliphatic carbocycles. The average molecular weight is 237 g/mol. The van der Waals surface area contributed by atoms with Gasteiger partial charge in [-0.3, -0.25) is 5.10 Å². The predicted molar refractivity (Wildman–Crippen MR) is 64.8 cm³/mol. The molecule has 2 rings (SSSR count). The number of nitrogens with two attached hydrogens (primary N) is 2. The van der Waals surface area contributed by atoms with Gasteiger partial charge in [0.05, 0.1) is 11.4 Å². The van der Waals surface area contributed by atoms with Gasteiger partial charge >= 0.3 is 0 Å². The first kappa shape index (κ1) is 11.1. The fraction of sp³-hybridized carbons (Fsp3) is 0.182. The topological polar surface area (TPSA) is 80.7 Å². The predicted octanol–water partition coefficient (Wildman–Crippen LogP) is 1.65. The Hall–Kier alpha value is -1.36. The molecule has 0 atom stereocenters. The van der Waals surface area contributed by atoms with Crippen molar-refractivity contribution in [2.75, 3.05) is 0 Å². The normalized spacial score (nSPS) is 10.7. The molecule has 4 nitrogen and oxygen atoms in total. The summed E-state index contributed by atoms with van der Waals surface area (Å²) in [6.07, 6.45) is 0. The number of nitrogens with one attached hydrogen (secondary N) is 1. The second-order valence-corrected chi connectivity index (χ2v) is 3.88. The average Bonchev–Trinajstić information content (AvgIpc) is 2.72. The molecule has 16 heavy (non-hydrogen) atoms. The van der Waals surface area contributed by atoms with E-state index in [2.05, 4.69) is 10.2 Å². The molecule has 0 saturated heterocycles. The van der Waals surface area contributed by atoms with Crippen LogP contribution in [0.2, 0.25) is 5.02 Å². The third-order valence-electron chi connectivity index (χ3n) is 2.48. The Bertz CT molecular complexity index is 475. The SMILES string of the molecule is NCc1[nH]nc(-c2ccc(Cl)cc2)c1CN. The highest BCUT2D eigenvalue weighted by Crippen LogP contribution is 2.24. The minimum absolute atomic E-state index is 0.410. The van der Waals surface area contributed by atoms with Gasteiger partial charge in [0.1, 0.15) is 0 Å². The molecule has 0 amide bonds. The lowest BCUT2D eigenvalue weighted by Crippen LogP contribution is -2.05. The van der Waals surface area contributed by atoms with Crippen LogP contribution < -0.4 is 11.5 Å². The van der Waals surface area contributed by atoms with Crippen LogP contribution in [0.4, 0.5) is 0 Å². The van der Waals surface area contributed by atoms with Gasteiger partial charge in [0.25, 0.3) is 0 Å². The van der Waals surface area contributed by atoms with Crippen molar-refractivity contribution < 1.29 is 0 Å². The largest absolute Gasteiger partial charge is 0.326 e. The first-order valence-corrected chi connectivity index (χ1v) is 5.36. The van der Waals surface area contributed by atoms with Gasteiger partial charge in [0.15, 0.2) is 0 Å². The van der Waals surface area contributed by atoms with Gasteiger partial charge in [-0.05, 0) is 12.1 Å². The fourth-order valence-corrected chi connectivity index (χ4v) is 1.76. The van der Waals surface area contributed by atoms with E-state index >= 15 is 0 Å². The zero-order valence-corrected chi connectivity index (χ0v) is 9.46. The lowest BCUT2D eigenvalue weighted by Gasteiger charge is -2.02. The quantitative estimate of drug-likeness (QED) is 0.758. The molecule has 0 spiro atoms. The maximum atomic E-state index is 5.83. The van der Waals surface area contributed by atoms with Crippen molar-refractivity contribution in [2.45, 2.75) is 13.1 Å². The zero-order valence-electron chi connectivity index (χ0n) is 8.70. The molecule has 1 aromatic heterocycles. The molecule has 5 N–H and O–H groups in total.